The third kappa shape index (κ3) is 2.79. The second-order valence-corrected chi connectivity index (χ2v) is 5.67. The minimum atomic E-state index is -3.35. The van der Waals surface area contributed by atoms with Gasteiger partial charge in [0.25, 0.3) is 6.33 Å². The molecule has 0 N–H and O–H groups in total. The molecule has 0 aromatic carbocycles. The van der Waals surface area contributed by atoms with Crippen LogP contribution in [0.5, 0.6) is 0 Å². The van der Waals surface area contributed by atoms with Gasteiger partial charge in [-0.1, -0.05) is 13.3 Å². The smallest absolute Gasteiger partial charge is 0.236 e. The Hall–Kier alpha value is -0.880. The molecule has 1 heterocycles. The zero-order valence-corrected chi connectivity index (χ0v) is 10.2. The number of hydrogen-bond acceptors (Lipinski definition) is 2. The Balaban J connectivity index is 2.85. The number of hydrogen-bond donors (Lipinski definition) is 0. The van der Waals surface area contributed by atoms with Crippen molar-refractivity contribution in [2.75, 3.05) is 14.1 Å². The number of aryl methyl sites for hydroxylation is 1. The lowest BCUT2D eigenvalue weighted by molar-refractivity contribution is -0.696. The second-order valence-electron chi connectivity index (χ2n) is 3.63. The van der Waals surface area contributed by atoms with Gasteiger partial charge in [-0.15, -0.1) is 3.97 Å². The quantitative estimate of drug-likeness (QED) is 0.682. The van der Waals surface area contributed by atoms with Crippen molar-refractivity contribution < 1.29 is 13.0 Å². The van der Waals surface area contributed by atoms with Gasteiger partial charge in [-0.05, 0) is 6.42 Å². The maximum atomic E-state index is 11.7. The molecule has 0 saturated heterocycles. The fraction of sp³-hybridized carbons (Fsp3) is 0.667. The Bertz CT molecular complexity index is 409. The molecule has 0 radical (unpaired) electrons. The van der Waals surface area contributed by atoms with Gasteiger partial charge in [0.2, 0.25) is 0 Å². The average Bonchev–Trinajstić information content (AvgIpc) is 2.63. The van der Waals surface area contributed by atoms with Gasteiger partial charge in [-0.2, -0.15) is 12.7 Å². The number of unbranched alkanes of at least 4 members (excludes halogenated alkanes) is 1. The number of imidazole rings is 1. The highest BCUT2D eigenvalue weighted by atomic mass is 32.2. The zero-order chi connectivity index (χ0) is 11.5. The zero-order valence-electron chi connectivity index (χ0n) is 9.42. The van der Waals surface area contributed by atoms with E-state index in [4.69, 9.17) is 0 Å². The van der Waals surface area contributed by atoms with Crippen molar-refractivity contribution >= 4 is 10.2 Å². The predicted octanol–water partition coefficient (Wildman–Crippen LogP) is 0.230. The molecular formula is C9H18N3O2S+. The minimum absolute atomic E-state index is 0.854. The Morgan fingerprint density at radius 1 is 1.40 bits per heavy atom. The van der Waals surface area contributed by atoms with Gasteiger partial charge in [-0.25, -0.2) is 4.57 Å². The van der Waals surface area contributed by atoms with Crippen molar-refractivity contribution in [3.05, 3.63) is 18.7 Å². The first kappa shape index (κ1) is 12.2. The molecule has 0 aliphatic heterocycles. The summed E-state index contributed by atoms with van der Waals surface area (Å²) in [7, 11) is -0.313. The first-order valence-electron chi connectivity index (χ1n) is 4.98. The molecule has 1 aromatic rings. The van der Waals surface area contributed by atoms with Crippen molar-refractivity contribution in [1.82, 2.24) is 8.28 Å². The van der Waals surface area contributed by atoms with Crippen LogP contribution in [0.3, 0.4) is 0 Å². The fourth-order valence-electron chi connectivity index (χ4n) is 1.17. The highest BCUT2D eigenvalue weighted by Gasteiger charge is 2.22. The summed E-state index contributed by atoms with van der Waals surface area (Å²) in [5.74, 6) is 0. The molecule has 6 heteroatoms. The van der Waals surface area contributed by atoms with Gasteiger partial charge in [0.15, 0.2) is 0 Å². The molecule has 0 bridgehead atoms. The van der Waals surface area contributed by atoms with Gasteiger partial charge in [-0.3, -0.25) is 0 Å². The first-order chi connectivity index (χ1) is 6.98. The maximum absolute atomic E-state index is 11.7. The van der Waals surface area contributed by atoms with Crippen molar-refractivity contribution in [3.8, 4) is 0 Å². The Kier molecular flexibility index (Phi) is 3.87. The SMILES string of the molecule is CCCC[n+]1ccn(S(=O)(=O)N(C)C)c1. The minimum Gasteiger partial charge on any atom is -0.236 e. The van der Waals surface area contributed by atoms with Crippen LogP contribution in [0.1, 0.15) is 19.8 Å². The summed E-state index contributed by atoms with van der Waals surface area (Å²) in [6, 6.07) is 0. The summed E-state index contributed by atoms with van der Waals surface area (Å²) in [5.41, 5.74) is 0. The van der Waals surface area contributed by atoms with Crippen LogP contribution in [0.15, 0.2) is 18.7 Å². The molecule has 15 heavy (non-hydrogen) atoms. The van der Waals surface area contributed by atoms with E-state index >= 15 is 0 Å². The van der Waals surface area contributed by atoms with Crippen LogP contribution in [-0.2, 0) is 16.8 Å². The predicted molar refractivity (Wildman–Crippen MR) is 57.5 cm³/mol. The number of aromatic nitrogens is 2. The van der Waals surface area contributed by atoms with Crippen molar-refractivity contribution in [1.29, 1.82) is 0 Å². The van der Waals surface area contributed by atoms with Crippen LogP contribution in [0.25, 0.3) is 0 Å². The highest BCUT2D eigenvalue weighted by Crippen LogP contribution is 1.98. The third-order valence-electron chi connectivity index (χ3n) is 2.16. The summed E-state index contributed by atoms with van der Waals surface area (Å²) in [6.07, 6.45) is 7.09. The van der Waals surface area contributed by atoms with Crippen LogP contribution in [0.2, 0.25) is 0 Å². The Labute approximate surface area is 91.1 Å². The van der Waals surface area contributed by atoms with Gasteiger partial charge in [0.05, 0.1) is 6.54 Å². The van der Waals surface area contributed by atoms with Gasteiger partial charge >= 0.3 is 10.2 Å². The Morgan fingerprint density at radius 3 is 2.60 bits per heavy atom. The number of rotatable bonds is 5. The van der Waals surface area contributed by atoms with E-state index in [2.05, 4.69) is 6.92 Å². The standard InChI is InChI=1S/C9H18N3O2S/c1-4-5-6-11-7-8-12(9-11)15(13,14)10(2)3/h7-9H,4-6H2,1-3H3/q+1. The summed E-state index contributed by atoms with van der Waals surface area (Å²) in [6.45, 7) is 2.96. The van der Waals surface area contributed by atoms with Crippen LogP contribution in [0, 0.1) is 0 Å². The summed E-state index contributed by atoms with van der Waals surface area (Å²) < 4.78 is 27.7. The summed E-state index contributed by atoms with van der Waals surface area (Å²) in [4.78, 5) is 0. The van der Waals surface area contributed by atoms with Gasteiger partial charge < -0.3 is 0 Å². The molecule has 1 aromatic heterocycles. The molecule has 0 unspecified atom stereocenters. The van der Waals surface area contributed by atoms with Gasteiger partial charge in [0.1, 0.15) is 12.4 Å². The largest absolute Gasteiger partial charge is 0.379 e. The fourth-order valence-corrected chi connectivity index (χ4v) is 2.00. The van der Waals surface area contributed by atoms with Crippen LogP contribution in [0.4, 0.5) is 0 Å². The molecular weight excluding hydrogens is 214 g/mol. The highest BCUT2D eigenvalue weighted by molar-refractivity contribution is 7.87. The van der Waals surface area contributed by atoms with E-state index in [-0.39, 0.29) is 0 Å². The molecule has 0 aliphatic rings. The van der Waals surface area contributed by atoms with Gasteiger partial charge in [0, 0.05) is 14.1 Å². The maximum Gasteiger partial charge on any atom is 0.379 e. The molecule has 1 rings (SSSR count). The van der Waals surface area contributed by atoms with E-state index in [0.29, 0.717) is 0 Å². The van der Waals surface area contributed by atoms with E-state index < -0.39 is 10.2 Å². The number of nitrogens with zero attached hydrogens (tertiary/aromatic N) is 3. The normalized spacial score (nSPS) is 12.3. The van der Waals surface area contributed by atoms with Crippen LogP contribution < -0.4 is 4.57 Å². The Morgan fingerprint density at radius 2 is 2.07 bits per heavy atom. The lowest BCUT2D eigenvalue weighted by Gasteiger charge is -2.05. The van der Waals surface area contributed by atoms with E-state index in [1.54, 1.807) is 18.7 Å². The first-order valence-corrected chi connectivity index (χ1v) is 6.38. The lowest BCUT2D eigenvalue weighted by Crippen LogP contribution is -2.33. The lowest BCUT2D eigenvalue weighted by atomic mass is 10.3. The third-order valence-corrected chi connectivity index (χ3v) is 3.84. The summed E-state index contributed by atoms with van der Waals surface area (Å²) in [5, 5.41) is 0. The molecule has 0 atom stereocenters. The molecule has 0 amide bonds. The molecule has 0 aliphatic carbocycles. The molecule has 0 fully saturated rings. The van der Waals surface area contributed by atoms with Crippen LogP contribution in [-0.4, -0.2) is 30.8 Å². The van der Waals surface area contributed by atoms with Crippen molar-refractivity contribution in [2.45, 2.75) is 26.3 Å². The monoisotopic (exact) mass is 232 g/mol. The van der Waals surface area contributed by atoms with Crippen LogP contribution >= 0.6 is 0 Å². The second kappa shape index (κ2) is 4.76. The van der Waals surface area contributed by atoms with E-state index in [1.165, 1.54) is 22.4 Å². The molecule has 0 saturated carbocycles. The molecule has 86 valence electrons. The van der Waals surface area contributed by atoms with E-state index in [1.807, 2.05) is 4.57 Å². The van der Waals surface area contributed by atoms with E-state index in [9.17, 15) is 8.42 Å². The molecule has 0 spiro atoms. The average molecular weight is 232 g/mol. The summed E-state index contributed by atoms with van der Waals surface area (Å²) >= 11 is 0. The van der Waals surface area contributed by atoms with E-state index in [0.717, 1.165) is 19.4 Å². The molecule has 5 nitrogen and oxygen atoms in total. The van der Waals surface area contributed by atoms with Crippen molar-refractivity contribution in [3.63, 3.8) is 0 Å². The topological polar surface area (TPSA) is 46.2 Å². The van der Waals surface area contributed by atoms with Crippen molar-refractivity contribution in [2.24, 2.45) is 0 Å².